The van der Waals surface area contributed by atoms with Crippen LogP contribution in [0.5, 0.6) is 5.75 Å². The molecule has 1 aliphatic rings. The Balaban J connectivity index is 1.57. The molecule has 1 aromatic carbocycles. The molecule has 114 valence electrons. The summed E-state index contributed by atoms with van der Waals surface area (Å²) in [5, 5.41) is 11.5. The van der Waals surface area contributed by atoms with E-state index in [1.807, 2.05) is 24.3 Å². The summed E-state index contributed by atoms with van der Waals surface area (Å²) >= 11 is 0. The molecule has 0 saturated heterocycles. The number of amides is 1. The quantitative estimate of drug-likeness (QED) is 0.899. The van der Waals surface area contributed by atoms with E-state index in [-0.39, 0.29) is 24.1 Å². The number of hydrogen-bond acceptors (Lipinski definition) is 4. The highest BCUT2D eigenvalue weighted by atomic mass is 16.5. The highest BCUT2D eigenvalue weighted by Crippen LogP contribution is 2.26. The van der Waals surface area contributed by atoms with Crippen molar-refractivity contribution in [1.82, 2.24) is 5.32 Å². The topological polar surface area (TPSA) is 88.8 Å². The monoisotopic (exact) mass is 301 g/mol. The zero-order valence-corrected chi connectivity index (χ0v) is 11.7. The average Bonchev–Trinajstić information content (AvgIpc) is 3.01. The number of rotatable bonds is 4. The van der Waals surface area contributed by atoms with E-state index >= 15 is 0 Å². The van der Waals surface area contributed by atoms with Crippen molar-refractivity contribution in [3.05, 3.63) is 53.5 Å². The minimum absolute atomic E-state index is 0.136. The van der Waals surface area contributed by atoms with Crippen molar-refractivity contribution in [3.63, 3.8) is 0 Å². The second-order valence-corrected chi connectivity index (χ2v) is 5.11. The summed E-state index contributed by atoms with van der Waals surface area (Å²) in [5.41, 5.74) is 1.01. The Hall–Kier alpha value is -2.76. The molecule has 1 aromatic heterocycles. The molecule has 6 nitrogen and oxygen atoms in total. The maximum atomic E-state index is 12.2. The van der Waals surface area contributed by atoms with Gasteiger partial charge in [-0.2, -0.15) is 0 Å². The molecule has 1 amide bonds. The fraction of sp³-hybridized carbons (Fsp3) is 0.250. The zero-order valence-electron chi connectivity index (χ0n) is 11.7. The summed E-state index contributed by atoms with van der Waals surface area (Å²) in [5.74, 6) is -0.438. The normalized spacial score (nSPS) is 16.5. The summed E-state index contributed by atoms with van der Waals surface area (Å²) in [6.45, 7) is 0.492. The van der Waals surface area contributed by atoms with Gasteiger partial charge in [-0.05, 0) is 30.2 Å². The van der Waals surface area contributed by atoms with Gasteiger partial charge in [0.05, 0.1) is 12.5 Å². The Labute approximate surface area is 126 Å². The number of fused-ring (bicyclic) bond motifs is 1. The Morgan fingerprint density at radius 1 is 1.23 bits per heavy atom. The van der Waals surface area contributed by atoms with Crippen molar-refractivity contribution in [1.29, 1.82) is 0 Å². The number of aromatic carboxylic acids is 1. The molecule has 2 aromatic rings. The van der Waals surface area contributed by atoms with Gasteiger partial charge in [0.1, 0.15) is 18.1 Å². The van der Waals surface area contributed by atoms with Crippen molar-refractivity contribution in [2.24, 2.45) is 5.92 Å². The summed E-state index contributed by atoms with van der Waals surface area (Å²) in [4.78, 5) is 22.9. The van der Waals surface area contributed by atoms with Crippen LogP contribution in [0, 0.1) is 5.92 Å². The minimum atomic E-state index is -1.13. The molecule has 1 aliphatic heterocycles. The molecule has 22 heavy (non-hydrogen) atoms. The van der Waals surface area contributed by atoms with Gasteiger partial charge >= 0.3 is 5.97 Å². The van der Waals surface area contributed by atoms with Crippen molar-refractivity contribution in [3.8, 4) is 5.75 Å². The smallest absolute Gasteiger partial charge is 0.371 e. The number of carbonyl (C=O) groups is 2. The minimum Gasteiger partial charge on any atom is -0.492 e. The van der Waals surface area contributed by atoms with Crippen LogP contribution in [-0.4, -0.2) is 23.6 Å². The Morgan fingerprint density at radius 3 is 2.82 bits per heavy atom. The van der Waals surface area contributed by atoms with Crippen LogP contribution < -0.4 is 10.1 Å². The number of hydrogen-bond donors (Lipinski definition) is 2. The molecule has 0 radical (unpaired) electrons. The molecule has 0 fully saturated rings. The van der Waals surface area contributed by atoms with Crippen LogP contribution in [0.4, 0.5) is 0 Å². The number of furan rings is 1. The number of carbonyl (C=O) groups excluding carboxylic acids is 1. The number of carboxylic acid groups (broad SMARTS) is 1. The molecular formula is C16H15NO5. The van der Waals surface area contributed by atoms with Crippen molar-refractivity contribution in [2.45, 2.75) is 13.0 Å². The lowest BCUT2D eigenvalue weighted by Gasteiger charge is -2.24. The average molecular weight is 301 g/mol. The van der Waals surface area contributed by atoms with Crippen LogP contribution in [0.2, 0.25) is 0 Å². The van der Waals surface area contributed by atoms with Gasteiger partial charge in [0.25, 0.3) is 0 Å². The fourth-order valence-electron chi connectivity index (χ4n) is 2.40. The van der Waals surface area contributed by atoms with Crippen molar-refractivity contribution >= 4 is 11.9 Å². The predicted molar refractivity (Wildman–Crippen MR) is 76.6 cm³/mol. The van der Waals surface area contributed by atoms with Gasteiger partial charge in [-0.3, -0.25) is 4.79 Å². The van der Waals surface area contributed by atoms with E-state index in [4.69, 9.17) is 14.3 Å². The first-order valence-corrected chi connectivity index (χ1v) is 6.94. The molecule has 6 heteroatoms. The molecule has 1 atom stereocenters. The fourth-order valence-corrected chi connectivity index (χ4v) is 2.40. The lowest BCUT2D eigenvalue weighted by atomic mass is 9.96. The summed E-state index contributed by atoms with van der Waals surface area (Å²) in [7, 11) is 0. The predicted octanol–water partition coefficient (Wildman–Crippen LogP) is 1.85. The third-order valence-electron chi connectivity index (χ3n) is 3.56. The van der Waals surface area contributed by atoms with Crippen LogP contribution in [-0.2, 0) is 17.8 Å². The van der Waals surface area contributed by atoms with E-state index < -0.39 is 5.97 Å². The van der Waals surface area contributed by atoms with E-state index in [0.29, 0.717) is 18.8 Å². The number of ether oxygens (including phenoxy) is 1. The Bertz CT molecular complexity index is 706. The molecular weight excluding hydrogens is 286 g/mol. The van der Waals surface area contributed by atoms with Crippen LogP contribution >= 0.6 is 0 Å². The molecule has 3 rings (SSSR count). The maximum Gasteiger partial charge on any atom is 0.371 e. The summed E-state index contributed by atoms with van der Waals surface area (Å²) in [6.07, 6.45) is 0.626. The van der Waals surface area contributed by atoms with E-state index in [0.717, 1.165) is 11.3 Å². The van der Waals surface area contributed by atoms with Crippen LogP contribution in [0.25, 0.3) is 0 Å². The van der Waals surface area contributed by atoms with Gasteiger partial charge in [0.2, 0.25) is 11.7 Å². The van der Waals surface area contributed by atoms with Gasteiger partial charge in [-0.1, -0.05) is 18.2 Å². The highest BCUT2D eigenvalue weighted by molar-refractivity contribution is 5.84. The number of nitrogens with one attached hydrogen (secondary N) is 1. The molecule has 2 heterocycles. The third-order valence-corrected chi connectivity index (χ3v) is 3.56. The van der Waals surface area contributed by atoms with Crippen LogP contribution in [0.15, 0.2) is 40.8 Å². The van der Waals surface area contributed by atoms with Gasteiger partial charge in [-0.15, -0.1) is 0 Å². The third kappa shape index (κ3) is 2.95. The molecule has 0 saturated carbocycles. The molecule has 0 aliphatic carbocycles. The second-order valence-electron chi connectivity index (χ2n) is 5.11. The van der Waals surface area contributed by atoms with Gasteiger partial charge < -0.3 is 19.6 Å². The van der Waals surface area contributed by atoms with Crippen molar-refractivity contribution in [2.75, 3.05) is 6.61 Å². The molecule has 1 unspecified atom stereocenters. The largest absolute Gasteiger partial charge is 0.492 e. The number of para-hydroxylation sites is 1. The van der Waals surface area contributed by atoms with Gasteiger partial charge in [0.15, 0.2) is 0 Å². The molecule has 0 spiro atoms. The number of carboxylic acids is 1. The number of benzene rings is 1. The van der Waals surface area contributed by atoms with E-state index in [9.17, 15) is 9.59 Å². The van der Waals surface area contributed by atoms with E-state index in [1.54, 1.807) is 0 Å². The lowest BCUT2D eigenvalue weighted by Crippen LogP contribution is -2.36. The van der Waals surface area contributed by atoms with Gasteiger partial charge in [0, 0.05) is 0 Å². The summed E-state index contributed by atoms with van der Waals surface area (Å²) in [6, 6.07) is 10.6. The second kappa shape index (κ2) is 5.93. The SMILES string of the molecule is O=C(O)c1ccc(CNC(=O)C2COc3ccccc3C2)o1. The highest BCUT2D eigenvalue weighted by Gasteiger charge is 2.25. The van der Waals surface area contributed by atoms with E-state index in [1.165, 1.54) is 12.1 Å². The first kappa shape index (κ1) is 14.2. The standard InChI is InChI=1S/C16H15NO5/c18-15(17-8-12-5-6-14(22-12)16(19)20)11-7-10-3-1-2-4-13(10)21-9-11/h1-6,11H,7-9H2,(H,17,18)(H,19,20). The van der Waals surface area contributed by atoms with Crippen LogP contribution in [0.1, 0.15) is 21.9 Å². The van der Waals surface area contributed by atoms with E-state index in [2.05, 4.69) is 5.32 Å². The Morgan fingerprint density at radius 2 is 2.05 bits per heavy atom. The molecule has 0 bridgehead atoms. The zero-order chi connectivity index (χ0) is 15.5. The first-order valence-electron chi connectivity index (χ1n) is 6.94. The van der Waals surface area contributed by atoms with Crippen LogP contribution in [0.3, 0.4) is 0 Å². The lowest BCUT2D eigenvalue weighted by molar-refractivity contribution is -0.126. The first-order chi connectivity index (χ1) is 10.6. The van der Waals surface area contributed by atoms with Gasteiger partial charge in [-0.25, -0.2) is 4.79 Å². The summed E-state index contributed by atoms with van der Waals surface area (Å²) < 4.78 is 10.7. The van der Waals surface area contributed by atoms with Crippen molar-refractivity contribution < 1.29 is 23.8 Å². The Kier molecular flexibility index (Phi) is 3.82. The molecule has 2 N–H and O–H groups in total. The maximum absolute atomic E-state index is 12.2.